The molecule has 0 radical (unpaired) electrons. The second-order valence-electron chi connectivity index (χ2n) is 16.2. The summed E-state index contributed by atoms with van der Waals surface area (Å²) in [6, 6.07) is 28.1. The van der Waals surface area contributed by atoms with Crippen LogP contribution in [0.3, 0.4) is 0 Å². The Morgan fingerprint density at radius 1 is 0.490 bits per heavy atom. The van der Waals surface area contributed by atoms with Gasteiger partial charge in [-0.3, -0.25) is 9.98 Å². The molecule has 0 amide bonds. The molecule has 4 aromatic rings. The van der Waals surface area contributed by atoms with Crippen LogP contribution in [0.1, 0.15) is 116 Å². The van der Waals surface area contributed by atoms with Crippen LogP contribution >= 0.6 is 18.6 Å². The molecule has 2 N–H and O–H groups in total. The molecule has 0 spiro atoms. The van der Waals surface area contributed by atoms with E-state index in [1.54, 1.807) is 12.4 Å². The molecule has 0 heterocycles. The molecule has 4 rings (SSSR count). The molecule has 0 saturated heterocycles. The van der Waals surface area contributed by atoms with Gasteiger partial charge in [0, 0.05) is 23.6 Å². The predicted octanol–water partition coefficient (Wildman–Crippen LogP) is 12.9. The summed E-state index contributed by atoms with van der Waals surface area (Å²) in [4.78, 5) is 9.10. The van der Waals surface area contributed by atoms with Crippen molar-refractivity contribution in [3.63, 3.8) is 0 Å². The number of phenolic OH excluding ortho intramolecular Hbond substituents is 2. The Bertz CT molecular complexity index is 1570. The average molecular weight is 738 g/mol. The quantitative estimate of drug-likeness (QED) is 0.162. The van der Waals surface area contributed by atoms with E-state index in [4.69, 9.17) is 18.6 Å². The van der Waals surface area contributed by atoms with Gasteiger partial charge >= 0.3 is 35.6 Å². The first-order chi connectivity index (χ1) is 22.6. The van der Waals surface area contributed by atoms with Crippen LogP contribution in [0.4, 0.5) is 11.4 Å². The maximum atomic E-state index is 10.7. The van der Waals surface area contributed by atoms with E-state index in [-0.39, 0.29) is 33.2 Å². The minimum absolute atomic E-state index is 0.00468. The fraction of sp³-hybridized carbons (Fsp3) is 0.381. The van der Waals surface area contributed by atoms with E-state index < -0.39 is 17.0 Å². The summed E-state index contributed by atoms with van der Waals surface area (Å²) in [6.07, 6.45) is 3.60. The van der Waals surface area contributed by atoms with Crippen molar-refractivity contribution in [2.45, 2.75) is 105 Å². The third-order valence-electron chi connectivity index (χ3n) is 7.83. The third-order valence-corrected chi connectivity index (χ3v) is 7.83. The van der Waals surface area contributed by atoms with Crippen molar-refractivity contribution >= 4 is 42.4 Å². The van der Waals surface area contributed by atoms with Gasteiger partial charge in [0.1, 0.15) is 22.9 Å². The zero-order valence-electron chi connectivity index (χ0n) is 31.3. The van der Waals surface area contributed by atoms with Crippen LogP contribution in [-0.4, -0.2) is 22.6 Å². The summed E-state index contributed by atoms with van der Waals surface area (Å²) >= 11 is -0.556. The van der Waals surface area contributed by atoms with Crippen molar-refractivity contribution in [3.05, 3.63) is 118 Å². The van der Waals surface area contributed by atoms with Crippen LogP contribution in [-0.2, 0) is 38.7 Å². The maximum absolute atomic E-state index is 10.7. The topological polar surface area (TPSA) is 65.2 Å². The fourth-order valence-electron chi connectivity index (χ4n) is 4.81. The summed E-state index contributed by atoms with van der Waals surface area (Å²) in [5, 5.41) is 21.4. The molecule has 262 valence electrons. The molecule has 4 aromatic carbocycles. The van der Waals surface area contributed by atoms with Gasteiger partial charge in [0.2, 0.25) is 0 Å². The number of hydrogen-bond acceptors (Lipinski definition) is 4. The van der Waals surface area contributed by atoms with Crippen LogP contribution in [0.5, 0.6) is 11.5 Å². The number of rotatable bonds is 4. The van der Waals surface area contributed by atoms with Gasteiger partial charge in [-0.1, -0.05) is 156 Å². The Balaban J connectivity index is 0.000000315. The van der Waals surface area contributed by atoms with E-state index >= 15 is 0 Å². The Hall–Kier alpha value is -2.89. The standard InChI is InChI=1S/2C21H27NO.2ClH.Ti/c2*1-20(2,3)16-12-17(21(4,5)6)19(23)18(13-16)22-14-15-10-8-7-9-11-15;;;/h2*7-14,23H,1-6H3;2*1H;/q;;;;+2/p-2. The fourth-order valence-corrected chi connectivity index (χ4v) is 4.81. The van der Waals surface area contributed by atoms with E-state index in [2.05, 4.69) is 105 Å². The molecule has 0 fully saturated rings. The Morgan fingerprint density at radius 2 is 0.776 bits per heavy atom. The Labute approximate surface area is 312 Å². The predicted molar refractivity (Wildman–Crippen MR) is 210 cm³/mol. The minimum atomic E-state index is -0.556. The van der Waals surface area contributed by atoms with Crippen molar-refractivity contribution < 1.29 is 27.2 Å². The molecule has 0 aromatic heterocycles. The molecular weight excluding hydrogens is 683 g/mol. The van der Waals surface area contributed by atoms with Gasteiger partial charge in [-0.05, 0) is 56.0 Å². The van der Waals surface area contributed by atoms with Gasteiger partial charge in [-0.25, -0.2) is 0 Å². The van der Waals surface area contributed by atoms with Crippen LogP contribution in [0.15, 0.2) is 94.9 Å². The summed E-state index contributed by atoms with van der Waals surface area (Å²) in [5.74, 6) is 0.551. The second-order valence-corrected chi connectivity index (χ2v) is 18.8. The molecule has 0 saturated carbocycles. The van der Waals surface area contributed by atoms with Gasteiger partial charge in [-0.2, -0.15) is 0 Å². The van der Waals surface area contributed by atoms with Crippen LogP contribution in [0.2, 0.25) is 0 Å². The van der Waals surface area contributed by atoms with Gasteiger partial charge < -0.3 is 10.2 Å². The number of halogens is 2. The number of hydrogen-bond donors (Lipinski definition) is 2. The zero-order chi connectivity index (χ0) is 37.2. The first kappa shape index (κ1) is 42.3. The van der Waals surface area contributed by atoms with Crippen LogP contribution in [0.25, 0.3) is 0 Å². The number of aromatic hydroxyl groups is 2. The van der Waals surface area contributed by atoms with Crippen molar-refractivity contribution in [1.82, 2.24) is 0 Å². The number of nitrogens with zero attached hydrogens (tertiary/aromatic N) is 2. The normalized spacial score (nSPS) is 12.3. The van der Waals surface area contributed by atoms with E-state index in [0.29, 0.717) is 11.4 Å². The van der Waals surface area contributed by atoms with Crippen molar-refractivity contribution in [3.8, 4) is 11.5 Å². The number of phenols is 2. The molecule has 0 aliphatic heterocycles. The van der Waals surface area contributed by atoms with E-state index in [1.165, 1.54) is 11.1 Å². The molecule has 49 heavy (non-hydrogen) atoms. The molecule has 0 atom stereocenters. The van der Waals surface area contributed by atoms with Crippen molar-refractivity contribution in [2.75, 3.05) is 0 Å². The summed E-state index contributed by atoms with van der Waals surface area (Å²) in [5.41, 5.74) is 7.27. The molecular formula is C42H54Cl2N2O2Ti. The molecule has 7 heteroatoms. The van der Waals surface area contributed by atoms with E-state index in [0.717, 1.165) is 22.3 Å². The van der Waals surface area contributed by atoms with Crippen molar-refractivity contribution in [1.29, 1.82) is 0 Å². The van der Waals surface area contributed by atoms with E-state index in [1.807, 2.05) is 72.8 Å². The SMILES string of the molecule is CC(C)(C)c1cc(N=Cc2ccccc2)c(O)c(C(C)(C)C)c1.CC(C)(C)c1cc(N=Cc2ccccc2)c(O)c(C(C)(C)C)c1.[Cl][Ti][Cl]. The first-order valence-corrected chi connectivity index (χ1v) is 20.8. The molecule has 0 aliphatic rings. The zero-order valence-corrected chi connectivity index (χ0v) is 34.4. The monoisotopic (exact) mass is 736 g/mol. The summed E-state index contributed by atoms with van der Waals surface area (Å²) in [7, 11) is 9.78. The van der Waals surface area contributed by atoms with Gasteiger partial charge in [0.25, 0.3) is 0 Å². The molecule has 0 aliphatic carbocycles. The number of aliphatic imine (C=N–C) groups is 2. The molecule has 0 bridgehead atoms. The molecule has 4 nitrogen and oxygen atoms in total. The summed E-state index contributed by atoms with van der Waals surface area (Å²) < 4.78 is 0. The Kier molecular flexibility index (Phi) is 15.4. The van der Waals surface area contributed by atoms with Gasteiger partial charge in [-0.15, -0.1) is 0 Å². The van der Waals surface area contributed by atoms with Crippen LogP contribution in [0, 0.1) is 0 Å². The average Bonchev–Trinajstić information content (AvgIpc) is 2.99. The van der Waals surface area contributed by atoms with E-state index in [9.17, 15) is 10.2 Å². The second kappa shape index (κ2) is 17.9. The first-order valence-electron chi connectivity index (χ1n) is 16.5. The Morgan fingerprint density at radius 3 is 1.02 bits per heavy atom. The van der Waals surface area contributed by atoms with Gasteiger partial charge in [0.05, 0.1) is 0 Å². The van der Waals surface area contributed by atoms with Gasteiger partial charge in [0.15, 0.2) is 0 Å². The van der Waals surface area contributed by atoms with Crippen LogP contribution < -0.4 is 0 Å². The third kappa shape index (κ3) is 13.4. The molecule has 0 unspecified atom stereocenters. The van der Waals surface area contributed by atoms with Crippen molar-refractivity contribution in [2.24, 2.45) is 9.98 Å². The summed E-state index contributed by atoms with van der Waals surface area (Å²) in [6.45, 7) is 25.7. The number of benzene rings is 4.